The molecule has 1 atom stereocenters. The van der Waals surface area contributed by atoms with Crippen molar-refractivity contribution in [2.45, 2.75) is 65.9 Å². The third-order valence-corrected chi connectivity index (χ3v) is 3.57. The van der Waals surface area contributed by atoms with Crippen LogP contribution in [-0.2, 0) is 5.41 Å². The fourth-order valence-electron chi connectivity index (χ4n) is 2.23. The smallest absolute Gasteiger partial charge is 0.119 e. The van der Waals surface area contributed by atoms with Crippen molar-refractivity contribution in [2.24, 2.45) is 5.92 Å². The molecule has 1 unspecified atom stereocenters. The molecule has 0 aliphatic carbocycles. The SMILES string of the molecule is CC(C)CNCCCC(C)Oc1ccc(C(C)(C)C)cc1. The van der Waals surface area contributed by atoms with Crippen LogP contribution in [0.4, 0.5) is 0 Å². The van der Waals surface area contributed by atoms with Gasteiger partial charge in [0.1, 0.15) is 5.75 Å². The first-order valence-electron chi connectivity index (χ1n) is 8.27. The van der Waals surface area contributed by atoms with E-state index in [1.807, 2.05) is 0 Å². The zero-order valence-electron chi connectivity index (χ0n) is 14.7. The first kappa shape index (κ1) is 18.0. The molecule has 21 heavy (non-hydrogen) atoms. The Labute approximate surface area is 131 Å². The quantitative estimate of drug-likeness (QED) is 0.696. The summed E-state index contributed by atoms with van der Waals surface area (Å²) >= 11 is 0. The maximum absolute atomic E-state index is 5.98. The van der Waals surface area contributed by atoms with E-state index >= 15 is 0 Å². The van der Waals surface area contributed by atoms with Crippen molar-refractivity contribution in [2.75, 3.05) is 13.1 Å². The second-order valence-electron chi connectivity index (χ2n) is 7.44. The highest BCUT2D eigenvalue weighted by Crippen LogP contribution is 2.24. The Hall–Kier alpha value is -1.02. The maximum Gasteiger partial charge on any atom is 0.119 e. The van der Waals surface area contributed by atoms with Crippen LogP contribution in [0.25, 0.3) is 0 Å². The molecule has 2 nitrogen and oxygen atoms in total. The molecule has 0 saturated carbocycles. The average Bonchev–Trinajstić information content (AvgIpc) is 2.37. The van der Waals surface area contributed by atoms with E-state index in [4.69, 9.17) is 4.74 Å². The number of rotatable bonds is 8. The van der Waals surface area contributed by atoms with Gasteiger partial charge in [-0.1, -0.05) is 46.8 Å². The lowest BCUT2D eigenvalue weighted by Crippen LogP contribution is -2.22. The van der Waals surface area contributed by atoms with Crippen LogP contribution in [0, 0.1) is 5.92 Å². The molecule has 0 spiro atoms. The zero-order valence-corrected chi connectivity index (χ0v) is 14.7. The lowest BCUT2D eigenvalue weighted by atomic mass is 9.87. The Morgan fingerprint density at radius 3 is 2.19 bits per heavy atom. The van der Waals surface area contributed by atoms with Gasteiger partial charge < -0.3 is 10.1 Å². The maximum atomic E-state index is 5.98. The van der Waals surface area contributed by atoms with Gasteiger partial charge in [-0.3, -0.25) is 0 Å². The van der Waals surface area contributed by atoms with E-state index in [1.165, 1.54) is 5.56 Å². The third kappa shape index (κ3) is 7.52. The van der Waals surface area contributed by atoms with E-state index in [0.717, 1.165) is 37.6 Å². The molecule has 1 aromatic carbocycles. The van der Waals surface area contributed by atoms with E-state index < -0.39 is 0 Å². The Morgan fingerprint density at radius 2 is 1.67 bits per heavy atom. The summed E-state index contributed by atoms with van der Waals surface area (Å²) < 4.78 is 5.98. The van der Waals surface area contributed by atoms with Crippen molar-refractivity contribution < 1.29 is 4.74 Å². The van der Waals surface area contributed by atoms with Crippen LogP contribution in [0.5, 0.6) is 5.75 Å². The fraction of sp³-hybridized carbons (Fsp3) is 0.684. The lowest BCUT2D eigenvalue weighted by molar-refractivity contribution is 0.207. The minimum Gasteiger partial charge on any atom is -0.491 e. The Balaban J connectivity index is 2.29. The summed E-state index contributed by atoms with van der Waals surface area (Å²) in [5, 5.41) is 3.47. The molecule has 0 saturated heterocycles. The number of benzene rings is 1. The van der Waals surface area contributed by atoms with Gasteiger partial charge in [-0.25, -0.2) is 0 Å². The van der Waals surface area contributed by atoms with Gasteiger partial charge in [0.05, 0.1) is 6.10 Å². The van der Waals surface area contributed by atoms with Crippen LogP contribution in [-0.4, -0.2) is 19.2 Å². The van der Waals surface area contributed by atoms with E-state index in [2.05, 4.69) is 71.1 Å². The molecule has 0 aliphatic rings. The van der Waals surface area contributed by atoms with Gasteiger partial charge in [0.15, 0.2) is 0 Å². The van der Waals surface area contributed by atoms with E-state index in [0.29, 0.717) is 0 Å². The normalized spacial score (nSPS) is 13.5. The summed E-state index contributed by atoms with van der Waals surface area (Å²) in [7, 11) is 0. The molecule has 0 radical (unpaired) electrons. The van der Waals surface area contributed by atoms with Crippen LogP contribution >= 0.6 is 0 Å². The molecular formula is C19H33NO. The second-order valence-corrected chi connectivity index (χ2v) is 7.44. The summed E-state index contributed by atoms with van der Waals surface area (Å²) in [4.78, 5) is 0. The number of hydrogen-bond acceptors (Lipinski definition) is 2. The minimum absolute atomic E-state index is 0.201. The second kappa shape index (κ2) is 8.43. The van der Waals surface area contributed by atoms with Crippen molar-refractivity contribution in [3.05, 3.63) is 29.8 Å². The van der Waals surface area contributed by atoms with Crippen molar-refractivity contribution in [1.29, 1.82) is 0 Å². The van der Waals surface area contributed by atoms with Crippen LogP contribution < -0.4 is 10.1 Å². The van der Waals surface area contributed by atoms with Crippen LogP contribution in [0.3, 0.4) is 0 Å². The van der Waals surface area contributed by atoms with Gasteiger partial charge in [0, 0.05) is 0 Å². The molecule has 1 rings (SSSR count). The number of hydrogen-bond donors (Lipinski definition) is 1. The molecule has 0 bridgehead atoms. The highest BCUT2D eigenvalue weighted by Gasteiger charge is 2.13. The first-order valence-corrected chi connectivity index (χ1v) is 8.27. The number of nitrogens with one attached hydrogen (secondary N) is 1. The van der Waals surface area contributed by atoms with Gasteiger partial charge in [-0.2, -0.15) is 0 Å². The predicted molar refractivity (Wildman–Crippen MR) is 92.2 cm³/mol. The Morgan fingerprint density at radius 1 is 1.05 bits per heavy atom. The molecule has 1 aromatic rings. The molecule has 0 heterocycles. The van der Waals surface area contributed by atoms with Crippen LogP contribution in [0.15, 0.2) is 24.3 Å². The molecular weight excluding hydrogens is 258 g/mol. The molecule has 120 valence electrons. The molecule has 2 heteroatoms. The number of ether oxygens (including phenoxy) is 1. The van der Waals surface area contributed by atoms with Crippen molar-refractivity contribution in [3.63, 3.8) is 0 Å². The fourth-order valence-corrected chi connectivity index (χ4v) is 2.23. The van der Waals surface area contributed by atoms with Gasteiger partial charge in [-0.15, -0.1) is 0 Å². The van der Waals surface area contributed by atoms with Crippen molar-refractivity contribution in [3.8, 4) is 5.75 Å². The summed E-state index contributed by atoms with van der Waals surface area (Å²) in [6.45, 7) is 15.5. The largest absolute Gasteiger partial charge is 0.491 e. The van der Waals surface area contributed by atoms with Crippen LogP contribution in [0.1, 0.15) is 59.9 Å². The molecule has 0 aromatic heterocycles. The van der Waals surface area contributed by atoms with Gasteiger partial charge >= 0.3 is 0 Å². The molecule has 0 amide bonds. The van der Waals surface area contributed by atoms with Crippen molar-refractivity contribution >= 4 is 0 Å². The van der Waals surface area contributed by atoms with E-state index in [-0.39, 0.29) is 11.5 Å². The highest BCUT2D eigenvalue weighted by molar-refractivity contribution is 5.31. The van der Waals surface area contributed by atoms with Gasteiger partial charge in [0.25, 0.3) is 0 Å². The first-order chi connectivity index (χ1) is 9.79. The molecule has 0 fully saturated rings. The summed E-state index contributed by atoms with van der Waals surface area (Å²) in [6.07, 6.45) is 2.52. The summed E-state index contributed by atoms with van der Waals surface area (Å²) in [5.74, 6) is 1.70. The third-order valence-electron chi connectivity index (χ3n) is 3.57. The van der Waals surface area contributed by atoms with Crippen molar-refractivity contribution in [1.82, 2.24) is 5.32 Å². The standard InChI is InChI=1S/C19H33NO/c1-15(2)14-20-13-7-8-16(3)21-18-11-9-17(10-12-18)19(4,5)6/h9-12,15-16,20H,7-8,13-14H2,1-6H3. The van der Waals surface area contributed by atoms with E-state index in [1.54, 1.807) is 0 Å². The topological polar surface area (TPSA) is 21.3 Å². The molecule has 0 aliphatic heterocycles. The summed E-state index contributed by atoms with van der Waals surface area (Å²) in [5.41, 5.74) is 1.55. The average molecular weight is 291 g/mol. The Kier molecular flexibility index (Phi) is 7.24. The van der Waals surface area contributed by atoms with Crippen LogP contribution in [0.2, 0.25) is 0 Å². The summed E-state index contributed by atoms with van der Waals surface area (Å²) in [6, 6.07) is 8.53. The lowest BCUT2D eigenvalue weighted by Gasteiger charge is -2.20. The van der Waals surface area contributed by atoms with Gasteiger partial charge in [-0.05, 0) is 61.9 Å². The Bertz CT molecular complexity index is 389. The van der Waals surface area contributed by atoms with Gasteiger partial charge in [0.2, 0.25) is 0 Å². The minimum atomic E-state index is 0.201. The highest BCUT2D eigenvalue weighted by atomic mass is 16.5. The molecule has 1 N–H and O–H groups in total. The predicted octanol–water partition coefficient (Wildman–Crippen LogP) is 4.78. The monoisotopic (exact) mass is 291 g/mol. The van der Waals surface area contributed by atoms with E-state index in [9.17, 15) is 0 Å². The zero-order chi connectivity index (χ0) is 15.9.